The lowest BCUT2D eigenvalue weighted by atomic mass is 9.67. The highest BCUT2D eigenvalue weighted by molar-refractivity contribution is 5.95. The molecular weight excluding hydrogens is 1560 g/mol. The van der Waals surface area contributed by atoms with Gasteiger partial charge in [-0.05, 0) is 219 Å². The van der Waals surface area contributed by atoms with E-state index in [2.05, 4.69) is 41.2 Å². The molecule has 8 atom stereocenters. The maximum absolute atomic E-state index is 14.7. The first kappa shape index (κ1) is 87.3. The van der Waals surface area contributed by atoms with E-state index in [0.717, 1.165) is 103 Å². The third-order valence-electron chi connectivity index (χ3n) is 24.7. The standard InChI is InChI=1S/2C21H25F4N3O2.C21H26F3N3O2.C19H20F4N4O/c2*1-19(2,30)11-7-14(22)17-15(8-11)28(13-5-4-6-13)18(27-17)26-16(29)9-12-10-21(24,25)20(12,3)23;1-19(2,29)12-7-8-15-16(9-12)27(14-5-4-6-14)18(25-15)26-17(28)10-13-11-20(3,22)21(13,23)24;1-17(2,3)27-13-6-10(9-24)5-12(20)15(13)26-16(27)25-14(28)7-11-8-19(22,23)18(11,4)21/h2*7-8,12-13,30H,4-6,9-10H2,1-3H3,(H,26,27,29);7-9,13-14,29H,4-6,10-11H2,1-3H3,(H,25,26,28);5-6,11H,7-8H2,1-4H3,(H,25,26,28). The Labute approximate surface area is 664 Å². The molecule has 0 spiro atoms. The summed E-state index contributed by atoms with van der Waals surface area (Å²) in [6.07, 6.45) is 4.04. The van der Waals surface area contributed by atoms with Gasteiger partial charge < -0.3 is 33.6 Å². The van der Waals surface area contributed by atoms with Crippen molar-refractivity contribution in [2.45, 2.75) is 286 Å². The summed E-state index contributed by atoms with van der Waals surface area (Å²) in [6.45, 7) is 18.2. The third-order valence-corrected chi connectivity index (χ3v) is 24.7. The number of nitrogens with zero attached hydrogens (tertiary/aromatic N) is 9. The topological polar surface area (TPSA) is 272 Å². The number of anilines is 4. The number of fused-ring (bicyclic) bond motifs is 4. The lowest BCUT2D eigenvalue weighted by Gasteiger charge is -2.47. The lowest BCUT2D eigenvalue weighted by Crippen LogP contribution is -2.60. The smallest absolute Gasteiger partial charge is 0.284 e. The molecule has 117 heavy (non-hydrogen) atoms. The van der Waals surface area contributed by atoms with Crippen LogP contribution in [0.3, 0.4) is 0 Å². The number of hydrogen-bond acceptors (Lipinski definition) is 12. The van der Waals surface area contributed by atoms with Crippen molar-refractivity contribution in [3.05, 3.63) is 94.3 Å². The van der Waals surface area contributed by atoms with Gasteiger partial charge in [-0.3, -0.25) is 40.4 Å². The molecule has 0 radical (unpaired) electrons. The predicted molar refractivity (Wildman–Crippen MR) is 406 cm³/mol. The number of carbonyl (C=O) groups is 4. The van der Waals surface area contributed by atoms with Gasteiger partial charge in [0, 0.05) is 92.3 Å². The summed E-state index contributed by atoms with van der Waals surface area (Å²) in [7, 11) is 0. The van der Waals surface area contributed by atoms with Crippen LogP contribution in [0.4, 0.5) is 89.6 Å². The minimum atomic E-state index is -3.50. The average Bonchev–Trinajstić information content (AvgIpc) is 1.74. The zero-order chi connectivity index (χ0) is 86.4. The molecule has 4 amide bonds. The number of carbonyl (C=O) groups excluding carboxylic acids is 4. The Morgan fingerprint density at radius 1 is 0.436 bits per heavy atom. The normalized spacial score (nSPS) is 25.9. The summed E-state index contributed by atoms with van der Waals surface area (Å²) < 4.78 is 215. The average molecular weight is 1660 g/mol. The van der Waals surface area contributed by atoms with Crippen molar-refractivity contribution in [3.63, 3.8) is 0 Å². The van der Waals surface area contributed by atoms with Gasteiger partial charge in [0.1, 0.15) is 16.6 Å². The molecule has 4 aromatic carbocycles. The van der Waals surface area contributed by atoms with Crippen molar-refractivity contribution in [1.29, 1.82) is 5.26 Å². The molecular formula is C82H96F15N13O7. The first-order valence-corrected chi connectivity index (χ1v) is 39.0. The molecule has 0 saturated heterocycles. The van der Waals surface area contributed by atoms with Crippen molar-refractivity contribution in [2.75, 3.05) is 21.3 Å². The van der Waals surface area contributed by atoms with Crippen molar-refractivity contribution >= 4 is 91.6 Å². The SMILES string of the molecule is CC(C)(C)n1c(NC(=O)CC2CC(F)(F)C2(C)F)nc2c(F)cc(C#N)cc21.CC(C)(O)c1cc(F)c2nc(NC(=O)CC3CC(F)(F)C3(C)F)n(C3CCC3)c2c1.CC(C)(O)c1cc(F)c2nc(NC(=O)CC3CC(F)(F)C3(C)F)n(C3CCC3)c2c1.CC(C)(O)c1ccc2nc(NC(=O)CC3CC(C)(F)C3(F)F)n(C3CCC3)c2c1. The Bertz CT molecular complexity index is 5090. The van der Waals surface area contributed by atoms with Crippen LogP contribution in [0.25, 0.3) is 44.1 Å². The number of nitriles is 1. The minimum absolute atomic E-state index is 0.00114. The quantitative estimate of drug-likeness (QED) is 0.0395. The van der Waals surface area contributed by atoms with Crippen LogP contribution >= 0.6 is 0 Å². The van der Waals surface area contributed by atoms with Crippen LogP contribution in [0, 0.1) is 52.5 Å². The monoisotopic (exact) mass is 1660 g/mol. The van der Waals surface area contributed by atoms with E-state index in [-0.39, 0.29) is 64.5 Å². The molecule has 8 unspecified atom stereocenters. The van der Waals surface area contributed by atoms with Gasteiger partial charge in [-0.25, -0.2) is 85.8 Å². The van der Waals surface area contributed by atoms with Crippen molar-refractivity contribution in [3.8, 4) is 6.07 Å². The lowest BCUT2D eigenvalue weighted by molar-refractivity contribution is -0.248. The number of hydrogen-bond donors (Lipinski definition) is 7. The molecule has 7 saturated carbocycles. The van der Waals surface area contributed by atoms with Crippen LogP contribution in [-0.2, 0) is 41.5 Å². The summed E-state index contributed by atoms with van der Waals surface area (Å²) >= 11 is 0. The number of halogens is 15. The fourth-order valence-corrected chi connectivity index (χ4v) is 16.0. The fourth-order valence-electron chi connectivity index (χ4n) is 16.0. The van der Waals surface area contributed by atoms with E-state index >= 15 is 0 Å². The largest absolute Gasteiger partial charge is 0.386 e. The number of imidazole rings is 4. The number of alkyl halides is 12. The van der Waals surface area contributed by atoms with Gasteiger partial charge in [0.05, 0.1) is 56.0 Å². The van der Waals surface area contributed by atoms with E-state index in [0.29, 0.717) is 39.1 Å². The predicted octanol–water partition coefficient (Wildman–Crippen LogP) is 18.9. The maximum atomic E-state index is 14.7. The summed E-state index contributed by atoms with van der Waals surface area (Å²) in [4.78, 5) is 66.8. The molecule has 20 nitrogen and oxygen atoms in total. The van der Waals surface area contributed by atoms with Crippen LogP contribution in [0.15, 0.2) is 54.6 Å². The van der Waals surface area contributed by atoms with Crippen LogP contribution in [0.5, 0.6) is 0 Å². The Morgan fingerprint density at radius 3 is 1.08 bits per heavy atom. The first-order chi connectivity index (χ1) is 53.8. The number of rotatable bonds is 18. The first-order valence-electron chi connectivity index (χ1n) is 39.0. The Hall–Kier alpha value is -9.04. The second-order valence-electron chi connectivity index (χ2n) is 35.9. The molecule has 4 heterocycles. The number of aromatic nitrogens is 8. The van der Waals surface area contributed by atoms with Gasteiger partial charge in [0.25, 0.3) is 23.7 Å². The van der Waals surface area contributed by atoms with Gasteiger partial charge in [-0.1, -0.05) is 6.07 Å². The van der Waals surface area contributed by atoms with E-state index < -0.39 is 178 Å². The molecule has 8 aromatic rings. The van der Waals surface area contributed by atoms with Gasteiger partial charge in [-0.15, -0.1) is 0 Å². The summed E-state index contributed by atoms with van der Waals surface area (Å²) in [5.74, 6) is -22.4. The minimum Gasteiger partial charge on any atom is -0.386 e. The zero-order valence-corrected chi connectivity index (χ0v) is 66.9. The number of amides is 4. The van der Waals surface area contributed by atoms with Crippen molar-refractivity contribution in [1.82, 2.24) is 38.2 Å². The van der Waals surface area contributed by atoms with Crippen LogP contribution < -0.4 is 21.3 Å². The molecule has 0 bridgehead atoms. The Morgan fingerprint density at radius 2 is 0.761 bits per heavy atom. The number of aliphatic hydroxyl groups is 3. The highest BCUT2D eigenvalue weighted by Gasteiger charge is 2.70. The summed E-state index contributed by atoms with van der Waals surface area (Å²) in [5, 5.41) is 50.3. The second kappa shape index (κ2) is 30.0. The zero-order valence-electron chi connectivity index (χ0n) is 66.9. The molecule has 7 aliphatic rings. The van der Waals surface area contributed by atoms with Gasteiger partial charge in [0.2, 0.25) is 47.4 Å². The molecule has 7 N–H and O–H groups in total. The fraction of sp³-hybridized carbons (Fsp3) is 0.598. The molecule has 7 aliphatic carbocycles. The maximum Gasteiger partial charge on any atom is 0.284 e. The van der Waals surface area contributed by atoms with E-state index in [1.165, 1.54) is 18.2 Å². The second-order valence-corrected chi connectivity index (χ2v) is 35.9. The van der Waals surface area contributed by atoms with Gasteiger partial charge in [-0.2, -0.15) is 5.26 Å². The number of nitrogens with one attached hydrogen (secondary N) is 4. The molecule has 4 aromatic heterocycles. The van der Waals surface area contributed by atoms with Gasteiger partial charge >= 0.3 is 0 Å². The van der Waals surface area contributed by atoms with E-state index in [1.807, 2.05) is 16.7 Å². The molecule has 15 rings (SSSR count). The highest BCUT2D eigenvalue weighted by atomic mass is 19.3. The molecule has 7 fully saturated rings. The molecule has 636 valence electrons. The Balaban J connectivity index is 0.000000144. The van der Waals surface area contributed by atoms with E-state index in [4.69, 9.17) is 5.26 Å². The van der Waals surface area contributed by atoms with Crippen molar-refractivity contribution in [2.24, 2.45) is 23.7 Å². The summed E-state index contributed by atoms with van der Waals surface area (Å²) in [6, 6.07) is 15.6. The Kier molecular flexibility index (Phi) is 22.4. The van der Waals surface area contributed by atoms with Crippen LogP contribution in [0.2, 0.25) is 0 Å². The van der Waals surface area contributed by atoms with E-state index in [9.17, 15) is 100 Å². The van der Waals surface area contributed by atoms with Crippen molar-refractivity contribution < 1.29 is 100 Å². The van der Waals surface area contributed by atoms with E-state index in [1.54, 1.807) is 100 Å². The third kappa shape index (κ3) is 16.4. The number of benzene rings is 4. The highest BCUT2D eigenvalue weighted by Crippen LogP contribution is 2.59. The molecule has 0 aliphatic heterocycles. The van der Waals surface area contributed by atoms with Gasteiger partial charge in [0.15, 0.2) is 40.1 Å². The molecule has 35 heteroatoms. The van der Waals surface area contributed by atoms with Crippen LogP contribution in [0.1, 0.15) is 240 Å². The van der Waals surface area contributed by atoms with Crippen LogP contribution in [-0.4, -0.2) is 124 Å². The summed E-state index contributed by atoms with van der Waals surface area (Å²) in [5.41, 5.74) is -10.7.